The van der Waals surface area contributed by atoms with Gasteiger partial charge in [0, 0.05) is 18.8 Å². The molecule has 1 aromatic heterocycles. The van der Waals surface area contributed by atoms with Crippen molar-refractivity contribution in [3.8, 4) is 5.75 Å². The minimum atomic E-state index is -0.0537. The SMILES string of the molecule is COc1ccc(C(=O)c2cc(Cl)cn2C)cc1. The quantitative estimate of drug-likeness (QED) is 0.784. The topological polar surface area (TPSA) is 31.2 Å². The summed E-state index contributed by atoms with van der Waals surface area (Å²) in [6, 6.07) is 8.66. The number of aromatic nitrogens is 1. The van der Waals surface area contributed by atoms with Crippen LogP contribution in [-0.2, 0) is 7.05 Å². The van der Waals surface area contributed by atoms with Crippen LogP contribution in [0.5, 0.6) is 5.75 Å². The standard InChI is InChI=1S/C13H12ClNO2/c1-15-8-10(14)7-12(15)13(16)9-3-5-11(17-2)6-4-9/h3-8H,1-2H3. The molecule has 17 heavy (non-hydrogen) atoms. The van der Waals surface area contributed by atoms with Crippen molar-refractivity contribution in [1.82, 2.24) is 4.57 Å². The molecule has 0 bridgehead atoms. The molecule has 0 atom stereocenters. The van der Waals surface area contributed by atoms with E-state index in [0.29, 0.717) is 16.3 Å². The summed E-state index contributed by atoms with van der Waals surface area (Å²) < 4.78 is 6.76. The Balaban J connectivity index is 2.33. The van der Waals surface area contributed by atoms with E-state index in [-0.39, 0.29) is 5.78 Å². The molecule has 0 spiro atoms. The number of carbonyl (C=O) groups excluding carboxylic acids is 1. The largest absolute Gasteiger partial charge is 0.497 e. The first kappa shape index (κ1) is 11.7. The van der Waals surface area contributed by atoms with Crippen molar-refractivity contribution >= 4 is 17.4 Å². The van der Waals surface area contributed by atoms with Gasteiger partial charge in [-0.25, -0.2) is 0 Å². The summed E-state index contributed by atoms with van der Waals surface area (Å²) in [4.78, 5) is 12.2. The lowest BCUT2D eigenvalue weighted by Crippen LogP contribution is -2.06. The fraction of sp³-hybridized carbons (Fsp3) is 0.154. The van der Waals surface area contributed by atoms with Crippen molar-refractivity contribution < 1.29 is 9.53 Å². The zero-order valence-corrected chi connectivity index (χ0v) is 10.4. The zero-order valence-electron chi connectivity index (χ0n) is 9.61. The van der Waals surface area contributed by atoms with Crippen LogP contribution in [0.25, 0.3) is 0 Å². The number of aryl methyl sites for hydroxylation is 1. The van der Waals surface area contributed by atoms with Crippen LogP contribution in [0.15, 0.2) is 36.5 Å². The predicted octanol–water partition coefficient (Wildman–Crippen LogP) is 2.92. The van der Waals surface area contributed by atoms with E-state index in [0.717, 1.165) is 5.75 Å². The van der Waals surface area contributed by atoms with E-state index in [9.17, 15) is 4.79 Å². The highest BCUT2D eigenvalue weighted by Crippen LogP contribution is 2.18. The molecule has 0 saturated heterocycles. The van der Waals surface area contributed by atoms with Gasteiger partial charge in [0.2, 0.25) is 5.78 Å². The highest BCUT2D eigenvalue weighted by molar-refractivity contribution is 6.31. The molecule has 0 fully saturated rings. The Morgan fingerprint density at radius 1 is 1.29 bits per heavy atom. The van der Waals surface area contributed by atoms with Crippen molar-refractivity contribution in [3.63, 3.8) is 0 Å². The number of hydrogen-bond donors (Lipinski definition) is 0. The summed E-state index contributed by atoms with van der Waals surface area (Å²) in [6.07, 6.45) is 1.71. The molecule has 0 aliphatic carbocycles. The molecule has 0 N–H and O–H groups in total. The van der Waals surface area contributed by atoms with Gasteiger partial charge in [0.05, 0.1) is 17.8 Å². The molecular weight excluding hydrogens is 238 g/mol. The fourth-order valence-electron chi connectivity index (χ4n) is 1.64. The van der Waals surface area contributed by atoms with Crippen molar-refractivity contribution in [2.75, 3.05) is 7.11 Å². The van der Waals surface area contributed by atoms with Crippen LogP contribution < -0.4 is 4.74 Å². The molecular formula is C13H12ClNO2. The summed E-state index contributed by atoms with van der Waals surface area (Å²) in [6.45, 7) is 0. The number of ketones is 1. The van der Waals surface area contributed by atoms with Gasteiger partial charge in [-0.05, 0) is 30.3 Å². The Bertz CT molecular complexity index is 543. The van der Waals surface area contributed by atoms with Crippen molar-refractivity contribution in [1.29, 1.82) is 0 Å². The van der Waals surface area contributed by atoms with Crippen molar-refractivity contribution in [3.05, 3.63) is 52.8 Å². The number of methoxy groups -OCH3 is 1. The van der Waals surface area contributed by atoms with Gasteiger partial charge in [0.25, 0.3) is 0 Å². The van der Waals surface area contributed by atoms with E-state index < -0.39 is 0 Å². The Labute approximate surface area is 105 Å². The minimum Gasteiger partial charge on any atom is -0.497 e. The Hall–Kier alpha value is -1.74. The van der Waals surface area contributed by atoms with Gasteiger partial charge in [-0.2, -0.15) is 0 Å². The minimum absolute atomic E-state index is 0.0537. The summed E-state index contributed by atoms with van der Waals surface area (Å²) >= 11 is 5.85. The van der Waals surface area contributed by atoms with Gasteiger partial charge in [-0.3, -0.25) is 4.79 Å². The smallest absolute Gasteiger partial charge is 0.209 e. The van der Waals surface area contributed by atoms with Crippen LogP contribution in [-0.4, -0.2) is 17.5 Å². The lowest BCUT2D eigenvalue weighted by atomic mass is 10.1. The average molecular weight is 250 g/mol. The summed E-state index contributed by atoms with van der Waals surface area (Å²) in [5, 5.41) is 0.560. The molecule has 3 nitrogen and oxygen atoms in total. The fourth-order valence-corrected chi connectivity index (χ4v) is 1.89. The van der Waals surface area contributed by atoms with Crippen LogP contribution in [0.2, 0.25) is 5.02 Å². The lowest BCUT2D eigenvalue weighted by Gasteiger charge is -2.03. The maximum absolute atomic E-state index is 12.2. The number of ether oxygens (including phenoxy) is 1. The van der Waals surface area contributed by atoms with E-state index in [1.165, 1.54) is 0 Å². The monoisotopic (exact) mass is 249 g/mol. The normalized spacial score (nSPS) is 10.3. The van der Waals surface area contributed by atoms with Crippen LogP contribution in [0.3, 0.4) is 0 Å². The summed E-state index contributed by atoms with van der Waals surface area (Å²) in [5.74, 6) is 0.675. The molecule has 0 saturated carbocycles. The van der Waals surface area contributed by atoms with Gasteiger partial charge < -0.3 is 9.30 Å². The van der Waals surface area contributed by atoms with Gasteiger partial charge in [0.1, 0.15) is 5.75 Å². The molecule has 2 rings (SSSR count). The van der Waals surface area contributed by atoms with Crippen molar-refractivity contribution in [2.45, 2.75) is 0 Å². The Morgan fingerprint density at radius 2 is 1.94 bits per heavy atom. The second-order valence-corrected chi connectivity index (χ2v) is 4.15. The van der Waals surface area contributed by atoms with Gasteiger partial charge in [-0.1, -0.05) is 11.6 Å². The predicted molar refractivity (Wildman–Crippen MR) is 66.8 cm³/mol. The number of nitrogens with zero attached hydrogens (tertiary/aromatic N) is 1. The third-order valence-electron chi connectivity index (χ3n) is 2.56. The second-order valence-electron chi connectivity index (χ2n) is 3.71. The molecule has 2 aromatic rings. The molecule has 4 heteroatoms. The van der Waals surface area contributed by atoms with Crippen LogP contribution in [0.4, 0.5) is 0 Å². The number of benzene rings is 1. The van der Waals surface area contributed by atoms with Crippen LogP contribution in [0.1, 0.15) is 16.1 Å². The van der Waals surface area contributed by atoms with Gasteiger partial charge in [0.15, 0.2) is 0 Å². The first-order chi connectivity index (χ1) is 8.11. The third-order valence-corrected chi connectivity index (χ3v) is 2.76. The molecule has 0 radical (unpaired) electrons. The van der Waals surface area contributed by atoms with E-state index in [4.69, 9.17) is 16.3 Å². The summed E-state index contributed by atoms with van der Waals surface area (Å²) in [7, 11) is 3.39. The molecule has 0 unspecified atom stereocenters. The van der Waals surface area contributed by atoms with E-state index in [1.807, 2.05) is 0 Å². The van der Waals surface area contributed by atoms with Crippen LogP contribution in [0, 0.1) is 0 Å². The second kappa shape index (κ2) is 4.63. The zero-order chi connectivity index (χ0) is 12.4. The highest BCUT2D eigenvalue weighted by atomic mass is 35.5. The lowest BCUT2D eigenvalue weighted by molar-refractivity contribution is 0.103. The maximum Gasteiger partial charge on any atom is 0.209 e. The number of carbonyl (C=O) groups is 1. The Morgan fingerprint density at radius 3 is 2.41 bits per heavy atom. The van der Waals surface area contributed by atoms with Gasteiger partial charge >= 0.3 is 0 Å². The highest BCUT2D eigenvalue weighted by Gasteiger charge is 2.13. The van der Waals surface area contributed by atoms with E-state index in [1.54, 1.807) is 55.3 Å². The number of rotatable bonds is 3. The third kappa shape index (κ3) is 2.34. The number of hydrogen-bond acceptors (Lipinski definition) is 2. The van der Waals surface area contributed by atoms with E-state index >= 15 is 0 Å². The maximum atomic E-state index is 12.2. The molecule has 1 aromatic carbocycles. The molecule has 88 valence electrons. The number of halogens is 1. The molecule has 0 aliphatic heterocycles. The van der Waals surface area contributed by atoms with Crippen molar-refractivity contribution in [2.24, 2.45) is 7.05 Å². The average Bonchev–Trinajstić information content (AvgIpc) is 2.68. The van der Waals surface area contributed by atoms with Crippen LogP contribution >= 0.6 is 11.6 Å². The summed E-state index contributed by atoms with van der Waals surface area (Å²) in [5.41, 5.74) is 1.18. The molecule has 0 aliphatic rings. The Kier molecular flexibility index (Phi) is 3.20. The van der Waals surface area contributed by atoms with Gasteiger partial charge in [-0.15, -0.1) is 0 Å². The molecule has 0 amide bonds. The first-order valence-electron chi connectivity index (χ1n) is 5.12. The molecule has 1 heterocycles. The van der Waals surface area contributed by atoms with E-state index in [2.05, 4.69) is 0 Å². The first-order valence-corrected chi connectivity index (χ1v) is 5.50.